The van der Waals surface area contributed by atoms with Crippen LogP contribution in [0.15, 0.2) is 77.7 Å². The zero-order chi connectivity index (χ0) is 26.5. The summed E-state index contributed by atoms with van der Waals surface area (Å²) in [5.41, 5.74) is 0.635. The van der Waals surface area contributed by atoms with Gasteiger partial charge < -0.3 is 10.2 Å². The van der Waals surface area contributed by atoms with Gasteiger partial charge in [-0.3, -0.25) is 13.9 Å². The van der Waals surface area contributed by atoms with Crippen molar-refractivity contribution >= 4 is 50.7 Å². The lowest BCUT2D eigenvalue weighted by molar-refractivity contribution is -0.139. The highest BCUT2D eigenvalue weighted by Crippen LogP contribution is 2.28. The summed E-state index contributed by atoms with van der Waals surface area (Å²) in [6.07, 6.45) is 0. The average molecular weight is 552 g/mol. The van der Waals surface area contributed by atoms with E-state index in [0.717, 1.165) is 28.6 Å². The highest BCUT2D eigenvalue weighted by atomic mass is 35.5. The van der Waals surface area contributed by atoms with Gasteiger partial charge in [-0.1, -0.05) is 47.5 Å². The normalized spacial score (nSPS) is 12.0. The maximum atomic E-state index is 13.6. The Labute approximate surface area is 219 Å². The fourth-order valence-electron chi connectivity index (χ4n) is 3.50. The van der Waals surface area contributed by atoms with Crippen LogP contribution < -0.4 is 9.62 Å². The number of likely N-dealkylation sites (N-methyl/N-ethyl adjacent to an activating group) is 1. The van der Waals surface area contributed by atoms with Crippen molar-refractivity contribution in [2.45, 2.75) is 24.4 Å². The summed E-state index contributed by atoms with van der Waals surface area (Å²) < 4.78 is 41.5. The number of rotatable bonds is 9. The van der Waals surface area contributed by atoms with Gasteiger partial charge >= 0.3 is 0 Å². The number of nitrogens with one attached hydrogen (secondary N) is 1. The van der Waals surface area contributed by atoms with Crippen LogP contribution in [0.4, 0.5) is 10.1 Å². The fourth-order valence-corrected chi connectivity index (χ4v) is 5.43. The number of nitrogens with zero attached hydrogens (tertiary/aromatic N) is 2. The lowest BCUT2D eigenvalue weighted by Gasteiger charge is -2.32. The van der Waals surface area contributed by atoms with Crippen molar-refractivity contribution in [1.82, 2.24) is 10.2 Å². The number of benzene rings is 3. The Hall–Kier alpha value is -3.14. The van der Waals surface area contributed by atoms with Crippen molar-refractivity contribution in [3.63, 3.8) is 0 Å². The third-order valence-electron chi connectivity index (χ3n) is 5.53. The van der Waals surface area contributed by atoms with E-state index in [4.69, 9.17) is 23.2 Å². The molecule has 0 fully saturated rings. The smallest absolute Gasteiger partial charge is 0.264 e. The molecule has 7 nitrogen and oxygen atoms in total. The quantitative estimate of drug-likeness (QED) is 0.424. The number of amides is 2. The molecule has 2 amide bonds. The monoisotopic (exact) mass is 551 g/mol. The van der Waals surface area contributed by atoms with Gasteiger partial charge in [0.15, 0.2) is 0 Å². The van der Waals surface area contributed by atoms with Gasteiger partial charge in [-0.15, -0.1) is 0 Å². The number of anilines is 1. The van der Waals surface area contributed by atoms with E-state index < -0.39 is 40.2 Å². The van der Waals surface area contributed by atoms with Crippen molar-refractivity contribution in [2.75, 3.05) is 17.9 Å². The third kappa shape index (κ3) is 6.16. The van der Waals surface area contributed by atoms with E-state index in [1.807, 2.05) is 0 Å². The second-order valence-electron chi connectivity index (χ2n) is 7.81. The summed E-state index contributed by atoms with van der Waals surface area (Å²) in [6, 6.07) is 16.2. The molecule has 0 saturated heterocycles. The molecule has 3 aromatic rings. The zero-order valence-electron chi connectivity index (χ0n) is 19.5. The second kappa shape index (κ2) is 11.7. The molecule has 1 N–H and O–H groups in total. The molecule has 0 radical (unpaired) electrons. The van der Waals surface area contributed by atoms with Crippen LogP contribution in [0, 0.1) is 5.82 Å². The molecule has 0 aliphatic rings. The molecule has 11 heteroatoms. The third-order valence-corrected chi connectivity index (χ3v) is 8.02. The molecule has 0 aromatic heterocycles. The van der Waals surface area contributed by atoms with Gasteiger partial charge in [0.05, 0.1) is 10.6 Å². The number of para-hydroxylation sites is 1. The number of carbonyl (C=O) groups is 2. The standard InChI is InChI=1S/C25H24Cl2FN3O4S/c1-17(25(33)29-2)30(15-21-22(26)9-6-10-23(21)27)24(32)16-31(19-7-4-3-5-8-19)36(34,35)20-13-11-18(28)12-14-20/h3-14,17H,15-16H2,1-2H3,(H,29,33)/t17-/m1/s1. The summed E-state index contributed by atoms with van der Waals surface area (Å²) in [7, 11) is -2.84. The van der Waals surface area contributed by atoms with Crippen LogP contribution in [0.3, 0.4) is 0 Å². The van der Waals surface area contributed by atoms with Gasteiger partial charge in [-0.05, 0) is 55.5 Å². The molecule has 0 aliphatic carbocycles. The van der Waals surface area contributed by atoms with Crippen molar-refractivity contribution in [3.05, 3.63) is 94.2 Å². The molecule has 0 heterocycles. The fraction of sp³-hybridized carbons (Fsp3) is 0.200. The highest BCUT2D eigenvalue weighted by molar-refractivity contribution is 7.92. The van der Waals surface area contributed by atoms with Crippen LogP contribution in [0.1, 0.15) is 12.5 Å². The van der Waals surface area contributed by atoms with Crippen molar-refractivity contribution in [3.8, 4) is 0 Å². The highest BCUT2D eigenvalue weighted by Gasteiger charge is 2.32. The van der Waals surface area contributed by atoms with E-state index in [1.54, 1.807) is 36.4 Å². The number of carbonyl (C=O) groups excluding carboxylic acids is 2. The predicted molar refractivity (Wildman–Crippen MR) is 138 cm³/mol. The van der Waals surface area contributed by atoms with E-state index in [-0.39, 0.29) is 17.1 Å². The zero-order valence-corrected chi connectivity index (χ0v) is 21.8. The largest absolute Gasteiger partial charge is 0.357 e. The summed E-state index contributed by atoms with van der Waals surface area (Å²) in [5.74, 6) is -1.73. The maximum absolute atomic E-state index is 13.6. The van der Waals surface area contributed by atoms with Gasteiger partial charge in [0.2, 0.25) is 11.8 Å². The van der Waals surface area contributed by atoms with Gasteiger partial charge in [-0.25, -0.2) is 12.8 Å². The lowest BCUT2D eigenvalue weighted by atomic mass is 10.1. The molecule has 1 atom stereocenters. The Morgan fingerprint density at radius 3 is 2.08 bits per heavy atom. The molecular weight excluding hydrogens is 528 g/mol. The summed E-state index contributed by atoms with van der Waals surface area (Å²) in [4.78, 5) is 27.1. The first kappa shape index (κ1) is 27.4. The first-order chi connectivity index (χ1) is 17.1. The lowest BCUT2D eigenvalue weighted by Crippen LogP contribution is -2.50. The number of sulfonamides is 1. The van der Waals surface area contributed by atoms with Crippen molar-refractivity contribution in [2.24, 2.45) is 0 Å². The van der Waals surface area contributed by atoms with Crippen LogP contribution in [-0.4, -0.2) is 44.8 Å². The maximum Gasteiger partial charge on any atom is 0.264 e. The molecule has 0 spiro atoms. The molecule has 0 unspecified atom stereocenters. The second-order valence-corrected chi connectivity index (χ2v) is 10.5. The van der Waals surface area contributed by atoms with Gasteiger partial charge in [0.1, 0.15) is 18.4 Å². The molecule has 0 saturated carbocycles. The van der Waals surface area contributed by atoms with Crippen LogP contribution in [0.25, 0.3) is 0 Å². The van der Waals surface area contributed by atoms with E-state index in [2.05, 4.69) is 5.32 Å². The Morgan fingerprint density at radius 2 is 1.53 bits per heavy atom. The van der Waals surface area contributed by atoms with Gasteiger partial charge in [0.25, 0.3) is 10.0 Å². The SMILES string of the molecule is CNC(=O)[C@@H](C)N(Cc1c(Cl)cccc1Cl)C(=O)CN(c1ccccc1)S(=O)(=O)c1ccc(F)cc1. The van der Waals surface area contributed by atoms with Crippen molar-refractivity contribution in [1.29, 1.82) is 0 Å². The van der Waals surface area contributed by atoms with Crippen molar-refractivity contribution < 1.29 is 22.4 Å². The minimum Gasteiger partial charge on any atom is -0.357 e. The Balaban J connectivity index is 2.04. The van der Waals surface area contributed by atoms with E-state index in [1.165, 1.54) is 31.0 Å². The summed E-state index contributed by atoms with van der Waals surface area (Å²) in [5, 5.41) is 3.08. The Bertz CT molecular complexity index is 1320. The Kier molecular flexibility index (Phi) is 8.94. The Morgan fingerprint density at radius 1 is 0.944 bits per heavy atom. The molecule has 3 aromatic carbocycles. The summed E-state index contributed by atoms with van der Waals surface area (Å²) in [6.45, 7) is 0.751. The van der Waals surface area contributed by atoms with Crippen LogP contribution in [0.5, 0.6) is 0 Å². The topological polar surface area (TPSA) is 86.8 Å². The van der Waals surface area contributed by atoms with Crippen LogP contribution in [0.2, 0.25) is 10.0 Å². The molecule has 36 heavy (non-hydrogen) atoms. The number of halogens is 3. The number of hydrogen-bond donors (Lipinski definition) is 1. The van der Waals surface area contributed by atoms with Crippen LogP contribution >= 0.6 is 23.2 Å². The minimum absolute atomic E-state index is 0.134. The van der Waals surface area contributed by atoms with Crippen LogP contribution in [-0.2, 0) is 26.2 Å². The molecule has 190 valence electrons. The molecule has 3 rings (SSSR count). The first-order valence-electron chi connectivity index (χ1n) is 10.8. The van der Waals surface area contributed by atoms with E-state index >= 15 is 0 Å². The van der Waals surface area contributed by atoms with E-state index in [9.17, 15) is 22.4 Å². The van der Waals surface area contributed by atoms with Gasteiger partial charge in [-0.2, -0.15) is 0 Å². The summed E-state index contributed by atoms with van der Waals surface area (Å²) >= 11 is 12.6. The number of hydrogen-bond acceptors (Lipinski definition) is 4. The molecule has 0 bridgehead atoms. The minimum atomic E-state index is -4.27. The molecular formula is C25H24Cl2FN3O4S. The first-order valence-corrected chi connectivity index (χ1v) is 13.0. The van der Waals surface area contributed by atoms with E-state index in [0.29, 0.717) is 15.6 Å². The van der Waals surface area contributed by atoms with Gasteiger partial charge in [0, 0.05) is 29.2 Å². The predicted octanol–water partition coefficient (Wildman–Crippen LogP) is 4.49. The average Bonchev–Trinajstić information content (AvgIpc) is 2.86. The molecule has 0 aliphatic heterocycles.